The summed E-state index contributed by atoms with van der Waals surface area (Å²) in [5.41, 5.74) is 3.48. The highest BCUT2D eigenvalue weighted by atomic mass is 79.9. The van der Waals surface area contributed by atoms with Crippen molar-refractivity contribution in [2.75, 3.05) is 5.75 Å². The molecule has 0 atom stereocenters. The van der Waals surface area contributed by atoms with Crippen LogP contribution in [0.15, 0.2) is 69.2 Å². The van der Waals surface area contributed by atoms with Crippen LogP contribution in [0, 0.1) is 13.8 Å². The van der Waals surface area contributed by atoms with Crippen molar-refractivity contribution in [2.45, 2.75) is 18.9 Å². The summed E-state index contributed by atoms with van der Waals surface area (Å²) < 4.78 is 2.48. The Labute approximate surface area is 164 Å². The van der Waals surface area contributed by atoms with Crippen molar-refractivity contribution in [3.8, 4) is 5.69 Å². The van der Waals surface area contributed by atoms with E-state index >= 15 is 0 Å². The minimum absolute atomic E-state index is 0.0368. The van der Waals surface area contributed by atoms with Crippen molar-refractivity contribution in [3.63, 3.8) is 0 Å². The molecule has 0 aliphatic heterocycles. The highest BCUT2D eigenvalue weighted by Gasteiger charge is 2.12. The first-order valence-electron chi connectivity index (χ1n) is 8.02. The number of aryl methyl sites for hydroxylation is 2. The molecule has 0 radical (unpaired) electrons. The van der Waals surface area contributed by atoms with Gasteiger partial charge in [-0.25, -0.2) is 4.98 Å². The first kappa shape index (κ1) is 18.6. The Morgan fingerprint density at radius 1 is 1.12 bits per heavy atom. The molecule has 0 spiro atoms. The fourth-order valence-electron chi connectivity index (χ4n) is 2.42. The third kappa shape index (κ3) is 4.14. The molecule has 0 N–H and O–H groups in total. The molecule has 6 heteroatoms. The van der Waals surface area contributed by atoms with E-state index in [2.05, 4.69) is 20.9 Å². The summed E-state index contributed by atoms with van der Waals surface area (Å²) in [5, 5.41) is 0.316. The minimum atomic E-state index is -0.218. The number of ketones is 1. The maximum absolute atomic E-state index is 12.7. The first-order chi connectivity index (χ1) is 12.5. The molecule has 0 saturated heterocycles. The number of carbonyl (C=O) groups excluding carboxylic acids is 1. The molecule has 26 heavy (non-hydrogen) atoms. The molecular formula is C20H17BrN2O2S. The van der Waals surface area contributed by atoms with Crippen molar-refractivity contribution in [1.29, 1.82) is 0 Å². The van der Waals surface area contributed by atoms with Crippen molar-refractivity contribution >= 4 is 33.5 Å². The zero-order chi connectivity index (χ0) is 18.7. The van der Waals surface area contributed by atoms with E-state index in [4.69, 9.17) is 0 Å². The van der Waals surface area contributed by atoms with E-state index in [0.717, 1.165) is 27.5 Å². The van der Waals surface area contributed by atoms with Gasteiger partial charge in [0.25, 0.3) is 5.56 Å². The van der Waals surface area contributed by atoms with Gasteiger partial charge >= 0.3 is 0 Å². The summed E-state index contributed by atoms with van der Waals surface area (Å²) in [6.45, 7) is 4.04. The van der Waals surface area contributed by atoms with Gasteiger partial charge in [0.1, 0.15) is 0 Å². The monoisotopic (exact) mass is 428 g/mol. The second-order valence-electron chi connectivity index (χ2n) is 5.89. The second-order valence-corrected chi connectivity index (χ2v) is 7.77. The number of nitrogens with zero attached hydrogens (tertiary/aromatic N) is 2. The predicted molar refractivity (Wildman–Crippen MR) is 109 cm³/mol. The Hall–Kier alpha value is -2.18. The average Bonchev–Trinajstić information content (AvgIpc) is 2.63. The maximum Gasteiger partial charge on any atom is 0.287 e. The van der Waals surface area contributed by atoms with Gasteiger partial charge in [-0.1, -0.05) is 45.9 Å². The average molecular weight is 429 g/mol. The lowest BCUT2D eigenvalue weighted by Gasteiger charge is -2.09. The highest BCUT2D eigenvalue weighted by Crippen LogP contribution is 2.17. The number of carbonyl (C=O) groups is 1. The van der Waals surface area contributed by atoms with Gasteiger partial charge in [0.2, 0.25) is 0 Å². The molecular weight excluding hydrogens is 412 g/mol. The van der Waals surface area contributed by atoms with Crippen molar-refractivity contribution < 1.29 is 4.79 Å². The Morgan fingerprint density at radius 3 is 2.54 bits per heavy atom. The van der Waals surface area contributed by atoms with Crippen LogP contribution in [0.1, 0.15) is 21.5 Å². The van der Waals surface area contributed by atoms with Crippen LogP contribution in [0.25, 0.3) is 5.69 Å². The molecule has 132 valence electrons. The number of halogens is 1. The molecule has 0 unspecified atom stereocenters. The summed E-state index contributed by atoms with van der Waals surface area (Å²) in [4.78, 5) is 29.2. The summed E-state index contributed by atoms with van der Waals surface area (Å²) in [5.74, 6) is 0.131. The van der Waals surface area contributed by atoms with E-state index in [1.54, 1.807) is 29.1 Å². The molecule has 0 fully saturated rings. The van der Waals surface area contributed by atoms with E-state index in [1.807, 2.05) is 44.2 Å². The van der Waals surface area contributed by atoms with Gasteiger partial charge in [0, 0.05) is 28.1 Å². The largest absolute Gasteiger partial charge is 0.293 e. The molecule has 0 bridgehead atoms. The molecule has 0 aliphatic carbocycles. The number of aromatic nitrogens is 2. The summed E-state index contributed by atoms with van der Waals surface area (Å²) in [6.07, 6.45) is 3.23. The van der Waals surface area contributed by atoms with Crippen LogP contribution in [0.5, 0.6) is 0 Å². The molecule has 2 aromatic carbocycles. The van der Waals surface area contributed by atoms with Crippen LogP contribution < -0.4 is 5.56 Å². The normalized spacial score (nSPS) is 10.7. The molecule has 4 nitrogen and oxygen atoms in total. The zero-order valence-electron chi connectivity index (χ0n) is 14.4. The van der Waals surface area contributed by atoms with Crippen molar-refractivity contribution in [3.05, 3.63) is 86.4 Å². The van der Waals surface area contributed by atoms with Crippen LogP contribution in [-0.2, 0) is 0 Å². The number of hydrogen-bond acceptors (Lipinski definition) is 4. The summed E-state index contributed by atoms with van der Waals surface area (Å²) >= 11 is 4.51. The lowest BCUT2D eigenvalue weighted by molar-refractivity contribution is 0.102. The maximum atomic E-state index is 12.7. The van der Waals surface area contributed by atoms with Gasteiger partial charge in [-0.3, -0.25) is 14.2 Å². The van der Waals surface area contributed by atoms with Crippen molar-refractivity contribution in [2.24, 2.45) is 0 Å². The van der Waals surface area contributed by atoms with Crippen LogP contribution in [0.2, 0.25) is 0 Å². The third-order valence-electron chi connectivity index (χ3n) is 4.08. The van der Waals surface area contributed by atoms with E-state index in [9.17, 15) is 9.59 Å². The second kappa shape index (κ2) is 8.01. The van der Waals surface area contributed by atoms with E-state index in [0.29, 0.717) is 10.6 Å². The molecule has 0 amide bonds. The lowest BCUT2D eigenvalue weighted by atomic mass is 10.1. The van der Waals surface area contributed by atoms with E-state index in [1.165, 1.54) is 5.56 Å². The van der Waals surface area contributed by atoms with Crippen LogP contribution in [0.3, 0.4) is 0 Å². The minimum Gasteiger partial charge on any atom is -0.293 e. The lowest BCUT2D eigenvalue weighted by Crippen LogP contribution is -2.21. The smallest absolute Gasteiger partial charge is 0.287 e. The number of benzene rings is 2. The van der Waals surface area contributed by atoms with Gasteiger partial charge < -0.3 is 0 Å². The standard InChI is InChI=1S/C20H17BrN2O2S/c1-13-3-8-17(11-14(13)2)23-10-9-22-19(20(23)25)26-12-18(24)15-4-6-16(21)7-5-15/h3-11H,12H2,1-2H3. The molecule has 1 heterocycles. The van der Waals surface area contributed by atoms with Gasteiger partial charge in [-0.15, -0.1) is 0 Å². The van der Waals surface area contributed by atoms with Crippen LogP contribution >= 0.6 is 27.7 Å². The van der Waals surface area contributed by atoms with Gasteiger partial charge in [0.15, 0.2) is 10.8 Å². The number of Topliss-reactive ketones (excluding diaryl/α,β-unsaturated/α-hetero) is 1. The summed E-state index contributed by atoms with van der Waals surface area (Å²) in [6, 6.07) is 13.0. The summed E-state index contributed by atoms with van der Waals surface area (Å²) in [7, 11) is 0. The fraction of sp³-hybridized carbons (Fsp3) is 0.150. The Bertz CT molecular complexity index is 1010. The quantitative estimate of drug-likeness (QED) is 0.440. The van der Waals surface area contributed by atoms with Gasteiger partial charge in [0.05, 0.1) is 5.75 Å². The fourth-order valence-corrected chi connectivity index (χ4v) is 3.48. The Kier molecular flexibility index (Phi) is 5.74. The number of rotatable bonds is 5. The molecule has 0 saturated carbocycles. The Balaban J connectivity index is 1.81. The number of thioether (sulfide) groups is 1. The molecule has 0 aliphatic rings. The SMILES string of the molecule is Cc1ccc(-n2ccnc(SCC(=O)c3ccc(Br)cc3)c2=O)cc1C. The molecule has 3 aromatic rings. The predicted octanol–water partition coefficient (Wildman–Crippen LogP) is 4.59. The highest BCUT2D eigenvalue weighted by molar-refractivity contribution is 9.10. The first-order valence-corrected chi connectivity index (χ1v) is 9.80. The Morgan fingerprint density at radius 2 is 1.85 bits per heavy atom. The molecule has 1 aromatic heterocycles. The topological polar surface area (TPSA) is 52.0 Å². The van der Waals surface area contributed by atoms with Crippen LogP contribution in [-0.4, -0.2) is 21.1 Å². The van der Waals surface area contributed by atoms with E-state index in [-0.39, 0.29) is 17.1 Å². The third-order valence-corrected chi connectivity index (χ3v) is 5.57. The zero-order valence-corrected chi connectivity index (χ0v) is 16.8. The van der Waals surface area contributed by atoms with E-state index < -0.39 is 0 Å². The van der Waals surface area contributed by atoms with Crippen LogP contribution in [0.4, 0.5) is 0 Å². The number of hydrogen-bond donors (Lipinski definition) is 0. The van der Waals surface area contributed by atoms with Gasteiger partial charge in [-0.2, -0.15) is 0 Å². The van der Waals surface area contributed by atoms with Crippen molar-refractivity contribution in [1.82, 2.24) is 9.55 Å². The van der Waals surface area contributed by atoms with Gasteiger partial charge in [-0.05, 0) is 49.2 Å². The molecule has 3 rings (SSSR count).